The Hall–Kier alpha value is -0.0600. The van der Waals surface area contributed by atoms with Gasteiger partial charge in [-0.15, -0.1) is 0 Å². The number of thioether (sulfide) groups is 1. The summed E-state index contributed by atoms with van der Waals surface area (Å²) in [7, 11) is 0. The summed E-state index contributed by atoms with van der Waals surface area (Å²) in [5.41, 5.74) is 0.819. The van der Waals surface area contributed by atoms with Crippen LogP contribution in [0.25, 0.3) is 0 Å². The lowest BCUT2D eigenvalue weighted by molar-refractivity contribution is 0.454. The molecule has 1 nitrogen and oxygen atoms in total. The fourth-order valence-corrected chi connectivity index (χ4v) is 4.52. The monoisotopic (exact) mass is 359 g/mol. The quantitative estimate of drug-likeness (QED) is 0.783. The molecule has 0 bridgehead atoms. The zero-order valence-corrected chi connectivity index (χ0v) is 14.4. The molecular weight excluding hydrogens is 337 g/mol. The molecule has 0 aliphatic carbocycles. The fourth-order valence-electron chi connectivity index (χ4n) is 2.68. The molecule has 1 fully saturated rings. The standard InChI is InChI=1S/C16H23BrFNS/c1-2-8-19-15(16-5-3-4-9-20-16)11-12-10-13(17)6-7-14(12)18/h6-7,10,15-16,19H,2-5,8-9,11H2,1H3. The first-order chi connectivity index (χ1) is 9.70. The Balaban J connectivity index is 2.07. The van der Waals surface area contributed by atoms with Crippen molar-refractivity contribution in [1.82, 2.24) is 5.32 Å². The maximum Gasteiger partial charge on any atom is 0.126 e. The van der Waals surface area contributed by atoms with Crippen LogP contribution in [-0.2, 0) is 6.42 Å². The van der Waals surface area contributed by atoms with Crippen LogP contribution in [0.2, 0.25) is 0 Å². The summed E-state index contributed by atoms with van der Waals surface area (Å²) in [5.74, 6) is 1.16. The molecule has 1 N–H and O–H groups in total. The van der Waals surface area contributed by atoms with Crippen molar-refractivity contribution in [3.63, 3.8) is 0 Å². The van der Waals surface area contributed by atoms with E-state index in [0.717, 1.165) is 29.4 Å². The van der Waals surface area contributed by atoms with Gasteiger partial charge in [-0.25, -0.2) is 4.39 Å². The van der Waals surface area contributed by atoms with Crippen LogP contribution in [0.15, 0.2) is 22.7 Å². The Morgan fingerprint density at radius 3 is 3.00 bits per heavy atom. The first-order valence-corrected chi connectivity index (χ1v) is 9.33. The summed E-state index contributed by atoms with van der Waals surface area (Å²) in [4.78, 5) is 0. The van der Waals surface area contributed by atoms with Gasteiger partial charge in [0.15, 0.2) is 0 Å². The van der Waals surface area contributed by atoms with E-state index < -0.39 is 0 Å². The lowest BCUT2D eigenvalue weighted by Gasteiger charge is -2.31. The summed E-state index contributed by atoms with van der Waals surface area (Å²) in [6, 6.07) is 5.63. The molecule has 1 aromatic rings. The van der Waals surface area contributed by atoms with Crippen molar-refractivity contribution >= 4 is 27.7 Å². The summed E-state index contributed by atoms with van der Waals surface area (Å²) in [6.07, 6.45) is 5.79. The molecule has 1 heterocycles. The van der Waals surface area contributed by atoms with E-state index in [1.165, 1.54) is 25.0 Å². The van der Waals surface area contributed by atoms with Gasteiger partial charge in [-0.2, -0.15) is 11.8 Å². The summed E-state index contributed by atoms with van der Waals surface area (Å²) < 4.78 is 14.9. The molecule has 2 atom stereocenters. The van der Waals surface area contributed by atoms with E-state index in [1.807, 2.05) is 6.07 Å². The van der Waals surface area contributed by atoms with Crippen LogP contribution < -0.4 is 5.32 Å². The van der Waals surface area contributed by atoms with Crippen molar-refractivity contribution in [2.75, 3.05) is 12.3 Å². The van der Waals surface area contributed by atoms with Gasteiger partial charge in [0.25, 0.3) is 0 Å². The van der Waals surface area contributed by atoms with Gasteiger partial charge < -0.3 is 5.32 Å². The minimum atomic E-state index is -0.0858. The van der Waals surface area contributed by atoms with Gasteiger partial charge in [-0.3, -0.25) is 0 Å². The highest BCUT2D eigenvalue weighted by Gasteiger charge is 2.24. The molecular formula is C16H23BrFNS. The Labute approximate surface area is 134 Å². The molecule has 1 aliphatic rings. The topological polar surface area (TPSA) is 12.0 Å². The zero-order chi connectivity index (χ0) is 14.4. The minimum absolute atomic E-state index is 0.0858. The van der Waals surface area contributed by atoms with Crippen LogP contribution in [-0.4, -0.2) is 23.6 Å². The van der Waals surface area contributed by atoms with Gasteiger partial charge in [0.2, 0.25) is 0 Å². The van der Waals surface area contributed by atoms with E-state index >= 15 is 0 Å². The third kappa shape index (κ3) is 4.74. The van der Waals surface area contributed by atoms with Gasteiger partial charge in [0, 0.05) is 15.8 Å². The summed E-state index contributed by atoms with van der Waals surface area (Å²) >= 11 is 5.50. The van der Waals surface area contributed by atoms with Crippen LogP contribution in [0.4, 0.5) is 4.39 Å². The van der Waals surface area contributed by atoms with Crippen molar-refractivity contribution in [2.24, 2.45) is 0 Å². The van der Waals surface area contributed by atoms with Gasteiger partial charge in [-0.1, -0.05) is 29.3 Å². The molecule has 112 valence electrons. The Morgan fingerprint density at radius 1 is 1.45 bits per heavy atom. The molecule has 0 radical (unpaired) electrons. The number of hydrogen-bond acceptors (Lipinski definition) is 2. The van der Waals surface area contributed by atoms with Crippen molar-refractivity contribution in [3.8, 4) is 0 Å². The fraction of sp³-hybridized carbons (Fsp3) is 0.625. The number of halogens is 2. The van der Waals surface area contributed by atoms with Gasteiger partial charge in [0.05, 0.1) is 0 Å². The summed E-state index contributed by atoms with van der Waals surface area (Å²) in [6.45, 7) is 3.19. The van der Waals surface area contributed by atoms with E-state index in [0.29, 0.717) is 11.3 Å². The van der Waals surface area contributed by atoms with Crippen LogP contribution in [0.1, 0.15) is 38.2 Å². The molecule has 0 amide bonds. The van der Waals surface area contributed by atoms with Crippen molar-refractivity contribution in [1.29, 1.82) is 0 Å². The summed E-state index contributed by atoms with van der Waals surface area (Å²) in [5, 5.41) is 4.25. The predicted molar refractivity (Wildman–Crippen MR) is 90.0 cm³/mol. The second kappa shape index (κ2) is 8.40. The molecule has 0 aromatic heterocycles. The van der Waals surface area contributed by atoms with E-state index in [4.69, 9.17) is 0 Å². The zero-order valence-electron chi connectivity index (χ0n) is 12.0. The first kappa shape index (κ1) is 16.3. The Morgan fingerprint density at radius 2 is 2.30 bits per heavy atom. The van der Waals surface area contributed by atoms with Gasteiger partial charge in [-0.05, 0) is 61.7 Å². The maximum absolute atomic E-state index is 14.0. The molecule has 0 saturated carbocycles. The number of nitrogens with one attached hydrogen (secondary N) is 1. The maximum atomic E-state index is 14.0. The number of rotatable bonds is 6. The van der Waals surface area contributed by atoms with Crippen LogP contribution in [0, 0.1) is 5.82 Å². The SMILES string of the molecule is CCCNC(Cc1cc(Br)ccc1F)C1CCCCS1. The third-order valence-electron chi connectivity index (χ3n) is 3.77. The first-order valence-electron chi connectivity index (χ1n) is 7.49. The largest absolute Gasteiger partial charge is 0.313 e. The number of benzene rings is 1. The lowest BCUT2D eigenvalue weighted by atomic mass is 9.99. The van der Waals surface area contributed by atoms with E-state index in [-0.39, 0.29) is 5.82 Å². The highest BCUT2D eigenvalue weighted by molar-refractivity contribution is 9.10. The predicted octanol–water partition coefficient (Wildman–Crippen LogP) is 4.78. The van der Waals surface area contributed by atoms with E-state index in [2.05, 4.69) is 39.9 Å². The second-order valence-electron chi connectivity index (χ2n) is 5.41. The molecule has 2 rings (SSSR count). The molecule has 1 saturated heterocycles. The molecule has 4 heteroatoms. The van der Waals surface area contributed by atoms with Gasteiger partial charge in [0.1, 0.15) is 5.82 Å². The third-order valence-corrected chi connectivity index (χ3v) is 5.78. The van der Waals surface area contributed by atoms with Gasteiger partial charge >= 0.3 is 0 Å². The lowest BCUT2D eigenvalue weighted by Crippen LogP contribution is -2.41. The molecule has 20 heavy (non-hydrogen) atoms. The van der Waals surface area contributed by atoms with Crippen LogP contribution in [0.3, 0.4) is 0 Å². The van der Waals surface area contributed by atoms with Crippen molar-refractivity contribution in [3.05, 3.63) is 34.1 Å². The molecule has 1 aliphatic heterocycles. The Bertz CT molecular complexity index is 421. The molecule has 0 spiro atoms. The van der Waals surface area contributed by atoms with Crippen molar-refractivity contribution in [2.45, 2.75) is 50.3 Å². The molecule has 2 unspecified atom stereocenters. The second-order valence-corrected chi connectivity index (χ2v) is 7.67. The average Bonchev–Trinajstić information content (AvgIpc) is 2.48. The highest BCUT2D eigenvalue weighted by atomic mass is 79.9. The number of hydrogen-bond donors (Lipinski definition) is 1. The van der Waals surface area contributed by atoms with Crippen molar-refractivity contribution < 1.29 is 4.39 Å². The van der Waals surface area contributed by atoms with E-state index in [1.54, 1.807) is 12.1 Å². The molecule has 1 aromatic carbocycles. The normalized spacial score (nSPS) is 20.9. The average molecular weight is 360 g/mol. The van der Waals surface area contributed by atoms with E-state index in [9.17, 15) is 4.39 Å². The highest BCUT2D eigenvalue weighted by Crippen LogP contribution is 2.29. The van der Waals surface area contributed by atoms with Crippen LogP contribution in [0.5, 0.6) is 0 Å². The Kier molecular flexibility index (Phi) is 6.85. The van der Waals surface area contributed by atoms with Crippen LogP contribution >= 0.6 is 27.7 Å². The smallest absolute Gasteiger partial charge is 0.126 e. The minimum Gasteiger partial charge on any atom is -0.313 e.